The Hall–Kier alpha value is -1.65. The monoisotopic (exact) mass is 164 g/mol. The van der Waals surface area contributed by atoms with Gasteiger partial charge in [-0.15, -0.1) is 0 Å². The van der Waals surface area contributed by atoms with Gasteiger partial charge >= 0.3 is 0 Å². The molecule has 0 bridgehead atoms. The van der Waals surface area contributed by atoms with Crippen molar-refractivity contribution in [2.75, 3.05) is 5.73 Å². The first-order chi connectivity index (χ1) is 5.70. The molecule has 5 nitrogen and oxygen atoms in total. The number of hydrogen-bond acceptors (Lipinski definition) is 3. The molecule has 2 rings (SSSR count). The zero-order valence-electron chi connectivity index (χ0n) is 7.02. The second-order valence-corrected chi connectivity index (χ2v) is 2.77. The predicted molar refractivity (Wildman–Crippen MR) is 44.1 cm³/mol. The lowest BCUT2D eigenvalue weighted by Gasteiger charge is -1.94. The van der Waals surface area contributed by atoms with E-state index in [0.29, 0.717) is 5.82 Å². The van der Waals surface area contributed by atoms with Crippen molar-refractivity contribution in [2.24, 2.45) is 14.1 Å². The van der Waals surface area contributed by atoms with Crippen molar-refractivity contribution in [3.05, 3.63) is 12.7 Å². The fourth-order valence-corrected chi connectivity index (χ4v) is 1.13. The van der Waals surface area contributed by atoms with Gasteiger partial charge in [0.2, 0.25) is 12.0 Å². The maximum atomic E-state index is 5.78. The summed E-state index contributed by atoms with van der Waals surface area (Å²) in [6.07, 6.45) is 3.38. The summed E-state index contributed by atoms with van der Waals surface area (Å²) in [5, 5.41) is 0. The number of rotatable bonds is 0. The second kappa shape index (κ2) is 2.17. The minimum atomic E-state index is 0.639. The first-order valence-corrected chi connectivity index (χ1v) is 3.61. The third-order valence-electron chi connectivity index (χ3n) is 1.88. The van der Waals surface area contributed by atoms with Crippen molar-refractivity contribution in [1.82, 2.24) is 14.5 Å². The van der Waals surface area contributed by atoms with Crippen LogP contribution in [0.3, 0.4) is 0 Å². The molecule has 2 N–H and O–H groups in total. The van der Waals surface area contributed by atoms with E-state index in [1.165, 1.54) is 0 Å². The van der Waals surface area contributed by atoms with E-state index in [9.17, 15) is 0 Å². The lowest BCUT2D eigenvalue weighted by molar-refractivity contribution is -0.658. The molecular weight excluding hydrogens is 154 g/mol. The molecule has 0 unspecified atom stereocenters. The van der Waals surface area contributed by atoms with E-state index in [2.05, 4.69) is 9.97 Å². The molecular formula is C7H10N5+. The van der Waals surface area contributed by atoms with Crippen molar-refractivity contribution in [3.63, 3.8) is 0 Å². The van der Waals surface area contributed by atoms with Gasteiger partial charge in [0.25, 0.3) is 5.82 Å². The molecule has 12 heavy (non-hydrogen) atoms. The Morgan fingerprint density at radius 1 is 1.50 bits per heavy atom. The molecule has 0 atom stereocenters. The van der Waals surface area contributed by atoms with Crippen LogP contribution >= 0.6 is 0 Å². The molecule has 0 aliphatic heterocycles. The summed E-state index contributed by atoms with van der Waals surface area (Å²) in [6.45, 7) is 0. The van der Waals surface area contributed by atoms with Crippen LogP contribution in [-0.2, 0) is 14.1 Å². The van der Waals surface area contributed by atoms with E-state index in [-0.39, 0.29) is 0 Å². The third kappa shape index (κ3) is 0.761. The highest BCUT2D eigenvalue weighted by Gasteiger charge is 2.11. The van der Waals surface area contributed by atoms with Crippen LogP contribution in [0.2, 0.25) is 0 Å². The number of anilines is 1. The highest BCUT2D eigenvalue weighted by molar-refractivity contribution is 5.79. The van der Waals surface area contributed by atoms with Gasteiger partial charge < -0.3 is 10.3 Å². The van der Waals surface area contributed by atoms with Crippen LogP contribution in [0, 0.1) is 0 Å². The Kier molecular flexibility index (Phi) is 1.27. The van der Waals surface area contributed by atoms with Gasteiger partial charge in [-0.05, 0) is 0 Å². The smallest absolute Gasteiger partial charge is 0.250 e. The first-order valence-electron chi connectivity index (χ1n) is 3.61. The van der Waals surface area contributed by atoms with Gasteiger partial charge in [0, 0.05) is 7.05 Å². The van der Waals surface area contributed by atoms with Gasteiger partial charge in [-0.3, -0.25) is 0 Å². The lowest BCUT2D eigenvalue weighted by atomic mass is 10.5. The highest BCUT2D eigenvalue weighted by Crippen LogP contribution is 2.10. The lowest BCUT2D eigenvalue weighted by Crippen LogP contribution is -2.32. The van der Waals surface area contributed by atoms with Gasteiger partial charge in [-0.25, -0.2) is 9.55 Å². The second-order valence-electron chi connectivity index (χ2n) is 2.77. The molecule has 0 aliphatic rings. The summed E-state index contributed by atoms with van der Waals surface area (Å²) in [4.78, 5) is 8.32. The van der Waals surface area contributed by atoms with Crippen LogP contribution in [0.1, 0.15) is 0 Å². The van der Waals surface area contributed by atoms with Crippen LogP contribution in [0.5, 0.6) is 0 Å². The van der Waals surface area contributed by atoms with Crippen LogP contribution in [0.15, 0.2) is 12.7 Å². The molecule has 0 aromatic carbocycles. The van der Waals surface area contributed by atoms with E-state index in [0.717, 1.165) is 11.2 Å². The predicted octanol–water partition coefficient (Wildman–Crippen LogP) is -0.625. The number of aromatic nitrogens is 4. The number of aryl methyl sites for hydroxylation is 2. The van der Waals surface area contributed by atoms with Crippen molar-refractivity contribution in [3.8, 4) is 0 Å². The van der Waals surface area contributed by atoms with Crippen molar-refractivity contribution in [2.45, 2.75) is 0 Å². The van der Waals surface area contributed by atoms with Crippen LogP contribution in [0.25, 0.3) is 11.2 Å². The van der Waals surface area contributed by atoms with Gasteiger partial charge in [-0.1, -0.05) is 4.98 Å². The maximum Gasteiger partial charge on any atom is 0.250 e. The Morgan fingerprint density at radius 2 is 2.25 bits per heavy atom. The topological polar surface area (TPSA) is 60.6 Å². The molecule has 62 valence electrons. The number of nitrogens with two attached hydrogens (primary N) is 1. The van der Waals surface area contributed by atoms with E-state index in [1.54, 1.807) is 17.2 Å². The van der Waals surface area contributed by atoms with E-state index in [1.807, 2.05) is 18.7 Å². The number of nitrogens with zero attached hydrogens (tertiary/aromatic N) is 4. The van der Waals surface area contributed by atoms with Gasteiger partial charge in [0.05, 0.1) is 13.4 Å². The highest BCUT2D eigenvalue weighted by atomic mass is 15.1. The molecule has 0 radical (unpaired) electrons. The number of nitrogen functional groups attached to an aromatic ring is 1. The zero-order chi connectivity index (χ0) is 8.72. The molecule has 2 aromatic rings. The van der Waals surface area contributed by atoms with Gasteiger partial charge in [-0.2, -0.15) is 0 Å². The third-order valence-corrected chi connectivity index (χ3v) is 1.88. The fraction of sp³-hybridized carbons (Fsp3) is 0.286. The average Bonchev–Trinajstić information content (AvgIpc) is 2.41. The molecule has 0 amide bonds. The standard InChI is InChI=1S/C7H9N5/c1-11-4-10-7-5(6(11)8)9-3-12(7)2/h3-4,8H,1-2H3/p+1. The largest absolute Gasteiger partial charge is 0.317 e. The molecule has 5 heteroatoms. The maximum absolute atomic E-state index is 5.78. The Labute approximate surface area is 69.5 Å². The van der Waals surface area contributed by atoms with E-state index in [4.69, 9.17) is 5.73 Å². The van der Waals surface area contributed by atoms with Crippen molar-refractivity contribution >= 4 is 17.0 Å². The quantitative estimate of drug-likeness (QED) is 0.528. The van der Waals surface area contributed by atoms with Gasteiger partial charge in [0.1, 0.15) is 0 Å². The molecule has 0 saturated carbocycles. The number of hydrogen-bond donors (Lipinski definition) is 1. The molecule has 0 saturated heterocycles. The molecule has 2 aromatic heterocycles. The Morgan fingerprint density at radius 3 is 3.00 bits per heavy atom. The van der Waals surface area contributed by atoms with Crippen LogP contribution in [-0.4, -0.2) is 14.5 Å². The minimum Gasteiger partial charge on any atom is -0.317 e. The SMILES string of the molecule is Cn1cnc2c(N)[n+](C)cnc21. The summed E-state index contributed by atoms with van der Waals surface area (Å²) in [5.41, 5.74) is 7.34. The molecule has 2 heterocycles. The number of fused-ring (bicyclic) bond motifs is 1. The van der Waals surface area contributed by atoms with E-state index < -0.39 is 0 Å². The van der Waals surface area contributed by atoms with E-state index >= 15 is 0 Å². The summed E-state index contributed by atoms with van der Waals surface area (Å²) in [5.74, 6) is 0.639. The Balaban J connectivity index is 2.93. The Bertz CT molecular complexity index is 431. The van der Waals surface area contributed by atoms with Gasteiger partial charge in [0.15, 0.2) is 5.52 Å². The summed E-state index contributed by atoms with van der Waals surface area (Å²) >= 11 is 0. The van der Waals surface area contributed by atoms with Crippen molar-refractivity contribution < 1.29 is 4.57 Å². The summed E-state index contributed by atoms with van der Waals surface area (Å²) < 4.78 is 3.58. The molecule has 0 spiro atoms. The van der Waals surface area contributed by atoms with Crippen molar-refractivity contribution in [1.29, 1.82) is 0 Å². The number of imidazole rings is 1. The summed E-state index contributed by atoms with van der Waals surface area (Å²) in [6, 6.07) is 0. The molecule has 0 fully saturated rings. The normalized spacial score (nSPS) is 10.8. The average molecular weight is 164 g/mol. The summed E-state index contributed by atoms with van der Waals surface area (Å²) in [7, 11) is 3.73. The first kappa shape index (κ1) is 7.02. The fourth-order valence-electron chi connectivity index (χ4n) is 1.13. The van der Waals surface area contributed by atoms with Crippen LogP contribution in [0.4, 0.5) is 5.82 Å². The molecule has 0 aliphatic carbocycles. The zero-order valence-corrected chi connectivity index (χ0v) is 7.02. The minimum absolute atomic E-state index is 0.639. The van der Waals surface area contributed by atoms with Crippen LogP contribution < -0.4 is 10.3 Å².